The van der Waals surface area contributed by atoms with Gasteiger partial charge in [0.25, 0.3) is 0 Å². The highest BCUT2D eigenvalue weighted by Gasteiger charge is 2.27. The van der Waals surface area contributed by atoms with Crippen molar-refractivity contribution >= 4 is 17.7 Å². The van der Waals surface area contributed by atoms with Crippen LogP contribution in [0.15, 0.2) is 63.0 Å². The lowest BCUT2D eigenvalue weighted by molar-refractivity contribution is 0.132. The molecule has 0 spiro atoms. The number of guanidine groups is 1. The molecule has 1 aliphatic heterocycles. The fourth-order valence-corrected chi connectivity index (χ4v) is 4.01. The summed E-state index contributed by atoms with van der Waals surface area (Å²) in [5.41, 5.74) is 0. The van der Waals surface area contributed by atoms with Gasteiger partial charge >= 0.3 is 0 Å². The maximum Gasteiger partial charge on any atom is 0.193 e. The monoisotopic (exact) mass is 387 g/mol. The minimum atomic E-state index is -0.270. The van der Waals surface area contributed by atoms with E-state index in [0.717, 1.165) is 49.9 Å². The molecule has 1 aliphatic rings. The lowest BCUT2D eigenvalue weighted by Crippen LogP contribution is -2.41. The summed E-state index contributed by atoms with van der Waals surface area (Å²) >= 11 is 1.84. The molecule has 2 N–H and O–H groups in total. The van der Waals surface area contributed by atoms with Crippen molar-refractivity contribution in [3.63, 3.8) is 0 Å². The lowest BCUT2D eigenvalue weighted by atomic mass is 10.0. The largest absolute Gasteiger partial charge is 0.469 e. The summed E-state index contributed by atoms with van der Waals surface area (Å²) in [7, 11) is 0. The number of nitrogens with one attached hydrogen (secondary N) is 1. The molecule has 5 nitrogen and oxygen atoms in total. The van der Waals surface area contributed by atoms with Gasteiger partial charge in [0, 0.05) is 49.2 Å². The summed E-state index contributed by atoms with van der Waals surface area (Å²) in [6.45, 7) is 5.22. The Balaban J connectivity index is 1.52. The molecule has 1 fully saturated rings. The molecule has 3 rings (SSSR count). The van der Waals surface area contributed by atoms with Crippen molar-refractivity contribution in [1.29, 1.82) is 0 Å². The average molecular weight is 388 g/mol. The number of likely N-dealkylation sites (tertiary alicyclic amines) is 1. The van der Waals surface area contributed by atoms with E-state index in [0.29, 0.717) is 12.5 Å². The van der Waals surface area contributed by atoms with Gasteiger partial charge in [-0.05, 0) is 37.6 Å². The molecule has 2 unspecified atom stereocenters. The Morgan fingerprint density at radius 1 is 1.33 bits per heavy atom. The first-order valence-corrected chi connectivity index (χ1v) is 10.6. The van der Waals surface area contributed by atoms with Gasteiger partial charge in [0.15, 0.2) is 5.96 Å². The number of hydrogen-bond donors (Lipinski definition) is 2. The molecule has 27 heavy (non-hydrogen) atoms. The van der Waals surface area contributed by atoms with Gasteiger partial charge in [-0.25, -0.2) is 0 Å². The van der Waals surface area contributed by atoms with Crippen LogP contribution in [0, 0.1) is 5.92 Å². The first kappa shape index (κ1) is 19.8. The number of thioether (sulfide) groups is 1. The summed E-state index contributed by atoms with van der Waals surface area (Å²) < 4.78 is 5.40. The molecule has 0 bridgehead atoms. The molecule has 1 saturated heterocycles. The van der Waals surface area contributed by atoms with Crippen LogP contribution in [-0.4, -0.2) is 54.0 Å². The van der Waals surface area contributed by atoms with Gasteiger partial charge in [0.2, 0.25) is 0 Å². The van der Waals surface area contributed by atoms with Gasteiger partial charge in [-0.1, -0.05) is 18.2 Å². The Kier molecular flexibility index (Phi) is 7.66. The highest BCUT2D eigenvalue weighted by Crippen LogP contribution is 2.20. The van der Waals surface area contributed by atoms with E-state index in [2.05, 4.69) is 34.5 Å². The van der Waals surface area contributed by atoms with Crippen LogP contribution in [0.2, 0.25) is 0 Å². The predicted molar refractivity (Wildman–Crippen MR) is 111 cm³/mol. The van der Waals surface area contributed by atoms with Crippen LogP contribution in [0.3, 0.4) is 0 Å². The summed E-state index contributed by atoms with van der Waals surface area (Å²) in [5, 5.41) is 13.4. The average Bonchev–Trinajstić information content (AvgIpc) is 3.36. The van der Waals surface area contributed by atoms with Gasteiger partial charge < -0.3 is 19.7 Å². The number of nitrogens with zero attached hydrogens (tertiary/aromatic N) is 2. The maximum absolute atomic E-state index is 9.89. The van der Waals surface area contributed by atoms with Gasteiger partial charge in [0.05, 0.1) is 12.4 Å². The normalized spacial score (nSPS) is 18.7. The zero-order valence-electron chi connectivity index (χ0n) is 15.9. The molecule has 1 aromatic heterocycles. The van der Waals surface area contributed by atoms with E-state index in [1.165, 1.54) is 4.90 Å². The quantitative estimate of drug-likeness (QED) is 0.315. The third-order valence-corrected chi connectivity index (χ3v) is 5.82. The van der Waals surface area contributed by atoms with Crippen LogP contribution in [0.5, 0.6) is 0 Å². The topological polar surface area (TPSA) is 61.0 Å². The summed E-state index contributed by atoms with van der Waals surface area (Å²) in [6, 6.07) is 14.3. The van der Waals surface area contributed by atoms with Crippen molar-refractivity contribution in [3.8, 4) is 0 Å². The third kappa shape index (κ3) is 6.33. The zero-order valence-corrected chi connectivity index (χ0v) is 16.7. The molecule has 6 heteroatoms. The van der Waals surface area contributed by atoms with E-state index in [4.69, 9.17) is 9.41 Å². The first-order valence-electron chi connectivity index (χ1n) is 9.64. The second kappa shape index (κ2) is 10.4. The molecular formula is C21H29N3O2S. The molecule has 2 atom stereocenters. The summed E-state index contributed by atoms with van der Waals surface area (Å²) in [4.78, 5) is 8.35. The molecule has 2 heterocycles. The number of hydrogen-bond acceptors (Lipinski definition) is 4. The first-order chi connectivity index (χ1) is 13.2. The van der Waals surface area contributed by atoms with Crippen LogP contribution in [0.1, 0.15) is 19.1 Å². The molecule has 0 saturated carbocycles. The van der Waals surface area contributed by atoms with Crippen molar-refractivity contribution in [3.05, 3.63) is 54.5 Å². The Morgan fingerprint density at radius 2 is 2.19 bits per heavy atom. The molecule has 0 aliphatic carbocycles. The van der Waals surface area contributed by atoms with E-state index in [1.807, 2.05) is 36.9 Å². The van der Waals surface area contributed by atoms with Gasteiger partial charge in [-0.3, -0.25) is 4.99 Å². The van der Waals surface area contributed by atoms with Crippen LogP contribution in [0.25, 0.3) is 0 Å². The van der Waals surface area contributed by atoms with Gasteiger partial charge in [0.1, 0.15) is 5.76 Å². The number of aliphatic hydroxyl groups is 1. The van der Waals surface area contributed by atoms with E-state index in [-0.39, 0.29) is 6.10 Å². The van der Waals surface area contributed by atoms with Crippen LogP contribution in [0.4, 0.5) is 0 Å². The Morgan fingerprint density at radius 3 is 2.89 bits per heavy atom. The Hall–Kier alpha value is -1.92. The van der Waals surface area contributed by atoms with Crippen molar-refractivity contribution in [1.82, 2.24) is 10.2 Å². The number of furan rings is 1. The molecule has 0 amide bonds. The number of benzene rings is 1. The van der Waals surface area contributed by atoms with Crippen LogP contribution < -0.4 is 5.32 Å². The third-order valence-electron chi connectivity index (χ3n) is 4.80. The standard InChI is InChI=1S/C21H29N3O2S/c1-17(25)18-10-13-24(16-18)21(22-11-9-19-6-5-14-26-19)23-12-15-27-20-7-3-2-4-8-20/h2-8,14,17-18,25H,9-13,15-16H2,1H3,(H,22,23). The van der Waals surface area contributed by atoms with Gasteiger partial charge in [-0.2, -0.15) is 0 Å². The number of rotatable bonds is 8. The smallest absolute Gasteiger partial charge is 0.193 e. The van der Waals surface area contributed by atoms with Crippen LogP contribution >= 0.6 is 11.8 Å². The SMILES string of the molecule is CC(O)C1CCN(C(=NCCc2ccco2)NCCSc2ccccc2)C1. The molecule has 1 aromatic carbocycles. The van der Waals surface area contributed by atoms with Crippen molar-refractivity contribution < 1.29 is 9.52 Å². The molecule has 146 valence electrons. The minimum Gasteiger partial charge on any atom is -0.469 e. The predicted octanol–water partition coefficient (Wildman–Crippen LogP) is 3.26. The maximum atomic E-state index is 9.89. The number of aliphatic hydroxyl groups excluding tert-OH is 1. The van der Waals surface area contributed by atoms with Crippen molar-refractivity contribution in [2.24, 2.45) is 10.9 Å². The highest BCUT2D eigenvalue weighted by molar-refractivity contribution is 7.99. The second-order valence-electron chi connectivity index (χ2n) is 6.86. The van der Waals surface area contributed by atoms with Crippen molar-refractivity contribution in [2.45, 2.75) is 30.8 Å². The van der Waals surface area contributed by atoms with Crippen LogP contribution in [-0.2, 0) is 6.42 Å². The van der Waals surface area contributed by atoms with E-state index < -0.39 is 0 Å². The molecule has 2 aromatic rings. The zero-order chi connectivity index (χ0) is 18.9. The summed E-state index contributed by atoms with van der Waals surface area (Å²) in [6.07, 6.45) is 3.24. The Bertz CT molecular complexity index is 689. The summed E-state index contributed by atoms with van der Waals surface area (Å²) in [5.74, 6) is 3.20. The van der Waals surface area contributed by atoms with E-state index >= 15 is 0 Å². The van der Waals surface area contributed by atoms with E-state index in [9.17, 15) is 5.11 Å². The van der Waals surface area contributed by atoms with Crippen molar-refractivity contribution in [2.75, 3.05) is 31.9 Å². The minimum absolute atomic E-state index is 0.270. The second-order valence-corrected chi connectivity index (χ2v) is 8.03. The highest BCUT2D eigenvalue weighted by atomic mass is 32.2. The number of aliphatic imine (C=N–C) groups is 1. The van der Waals surface area contributed by atoms with E-state index in [1.54, 1.807) is 6.26 Å². The fraction of sp³-hybridized carbons (Fsp3) is 0.476. The fourth-order valence-electron chi connectivity index (χ4n) is 3.22. The lowest BCUT2D eigenvalue weighted by Gasteiger charge is -2.23. The molecular weight excluding hydrogens is 358 g/mol. The Labute approximate surface area is 165 Å². The molecule has 0 radical (unpaired) electrons. The van der Waals surface area contributed by atoms with Gasteiger partial charge in [-0.15, -0.1) is 11.8 Å².